The zero-order valence-corrected chi connectivity index (χ0v) is 15.4. The number of aromatic amines is 1. The number of carbonyl (C=O) groups excluding carboxylic acids is 1. The molecule has 0 saturated carbocycles. The van der Waals surface area contributed by atoms with E-state index >= 15 is 0 Å². The second kappa shape index (κ2) is 6.72. The number of amides is 1. The fraction of sp³-hybridized carbons (Fsp3) is 0.190. The summed E-state index contributed by atoms with van der Waals surface area (Å²) in [5.41, 5.74) is 5.87. The van der Waals surface area contributed by atoms with Gasteiger partial charge in [-0.05, 0) is 36.8 Å². The molecule has 1 amide bonds. The van der Waals surface area contributed by atoms with Gasteiger partial charge in [0.2, 0.25) is 11.8 Å². The van der Waals surface area contributed by atoms with Gasteiger partial charge in [-0.3, -0.25) is 9.89 Å². The lowest BCUT2D eigenvalue weighted by Crippen LogP contribution is -2.17. The highest BCUT2D eigenvalue weighted by Gasteiger charge is 2.16. The van der Waals surface area contributed by atoms with E-state index in [1.807, 2.05) is 63.2 Å². The predicted molar refractivity (Wildman–Crippen MR) is 105 cm³/mol. The van der Waals surface area contributed by atoms with Gasteiger partial charge in [0.05, 0.1) is 17.5 Å². The molecule has 0 fully saturated rings. The van der Waals surface area contributed by atoms with Gasteiger partial charge < -0.3 is 9.73 Å². The zero-order valence-electron chi connectivity index (χ0n) is 15.4. The van der Waals surface area contributed by atoms with Crippen LogP contribution in [0.3, 0.4) is 0 Å². The number of benzene rings is 2. The van der Waals surface area contributed by atoms with Crippen molar-refractivity contribution in [2.24, 2.45) is 5.92 Å². The number of rotatable bonds is 4. The summed E-state index contributed by atoms with van der Waals surface area (Å²) in [6, 6.07) is 13.5. The Labute approximate surface area is 156 Å². The second-order valence-electron chi connectivity index (χ2n) is 6.87. The number of H-pyrrole nitrogens is 1. The van der Waals surface area contributed by atoms with Gasteiger partial charge in [-0.15, -0.1) is 0 Å². The number of hydrogen-bond donors (Lipinski definition) is 2. The van der Waals surface area contributed by atoms with Crippen molar-refractivity contribution in [3.8, 4) is 22.7 Å². The third-order valence-corrected chi connectivity index (χ3v) is 4.36. The minimum Gasteiger partial charge on any atom is -0.436 e. The fourth-order valence-corrected chi connectivity index (χ4v) is 2.86. The van der Waals surface area contributed by atoms with Crippen molar-refractivity contribution in [1.29, 1.82) is 0 Å². The Morgan fingerprint density at radius 2 is 2.04 bits per heavy atom. The molecule has 27 heavy (non-hydrogen) atoms. The van der Waals surface area contributed by atoms with Crippen LogP contribution in [0.15, 0.2) is 53.1 Å². The number of nitrogens with zero attached hydrogens (tertiary/aromatic N) is 2. The fourth-order valence-electron chi connectivity index (χ4n) is 2.86. The third kappa shape index (κ3) is 3.33. The minimum atomic E-state index is -0.0837. The molecule has 2 aromatic carbocycles. The van der Waals surface area contributed by atoms with Crippen LogP contribution in [-0.4, -0.2) is 21.1 Å². The SMILES string of the molecule is Cc1ccc2oc(-c3cn[nH]c3-c3cccc(NC(=O)C(C)C)c3)nc2c1. The summed E-state index contributed by atoms with van der Waals surface area (Å²) in [6.45, 7) is 5.75. The van der Waals surface area contributed by atoms with Crippen molar-refractivity contribution in [2.45, 2.75) is 20.8 Å². The molecule has 4 rings (SSSR count). The summed E-state index contributed by atoms with van der Waals surface area (Å²) in [5, 5.41) is 10.1. The third-order valence-electron chi connectivity index (χ3n) is 4.36. The first-order chi connectivity index (χ1) is 13.0. The number of hydrogen-bond acceptors (Lipinski definition) is 4. The first-order valence-corrected chi connectivity index (χ1v) is 8.83. The van der Waals surface area contributed by atoms with Crippen molar-refractivity contribution in [2.75, 3.05) is 5.32 Å². The number of oxazole rings is 1. The first kappa shape index (κ1) is 17.0. The average Bonchev–Trinajstić information content (AvgIpc) is 3.27. The molecule has 136 valence electrons. The standard InChI is InChI=1S/C21H20N4O2/c1-12(2)20(26)23-15-6-4-5-14(10-15)19-16(11-22-25-19)21-24-17-9-13(3)7-8-18(17)27-21/h4-12H,1-3H3,(H,22,25)(H,23,26). The van der Waals surface area contributed by atoms with Crippen molar-refractivity contribution in [3.05, 3.63) is 54.2 Å². The lowest BCUT2D eigenvalue weighted by atomic mass is 10.1. The van der Waals surface area contributed by atoms with Crippen LogP contribution in [0, 0.1) is 12.8 Å². The van der Waals surface area contributed by atoms with E-state index in [4.69, 9.17) is 4.42 Å². The maximum atomic E-state index is 12.0. The second-order valence-corrected chi connectivity index (χ2v) is 6.87. The van der Waals surface area contributed by atoms with E-state index in [-0.39, 0.29) is 11.8 Å². The number of anilines is 1. The smallest absolute Gasteiger partial charge is 0.231 e. The lowest BCUT2D eigenvalue weighted by Gasteiger charge is -2.09. The Morgan fingerprint density at radius 1 is 1.19 bits per heavy atom. The monoisotopic (exact) mass is 360 g/mol. The van der Waals surface area contributed by atoms with Crippen molar-refractivity contribution >= 4 is 22.7 Å². The number of fused-ring (bicyclic) bond motifs is 1. The number of aromatic nitrogens is 3. The maximum Gasteiger partial charge on any atom is 0.231 e. The van der Waals surface area contributed by atoms with Gasteiger partial charge in [-0.2, -0.15) is 5.10 Å². The summed E-state index contributed by atoms with van der Waals surface area (Å²) in [4.78, 5) is 16.6. The van der Waals surface area contributed by atoms with Crippen molar-refractivity contribution < 1.29 is 9.21 Å². The molecule has 4 aromatic rings. The van der Waals surface area contributed by atoms with Crippen LogP contribution < -0.4 is 5.32 Å². The molecule has 0 aliphatic rings. The van der Waals surface area contributed by atoms with Gasteiger partial charge >= 0.3 is 0 Å². The van der Waals surface area contributed by atoms with E-state index in [0.717, 1.165) is 39.2 Å². The van der Waals surface area contributed by atoms with Crippen LogP contribution in [0.4, 0.5) is 5.69 Å². The Kier molecular flexibility index (Phi) is 4.24. The Morgan fingerprint density at radius 3 is 2.85 bits per heavy atom. The largest absolute Gasteiger partial charge is 0.436 e. The average molecular weight is 360 g/mol. The lowest BCUT2D eigenvalue weighted by molar-refractivity contribution is -0.118. The molecule has 0 bridgehead atoms. The topological polar surface area (TPSA) is 83.8 Å². The zero-order chi connectivity index (χ0) is 19.0. The molecule has 0 aliphatic heterocycles. The molecular formula is C21H20N4O2. The predicted octanol–water partition coefficient (Wildman–Crippen LogP) is 4.79. The Hall–Kier alpha value is -3.41. The molecular weight excluding hydrogens is 340 g/mol. The highest BCUT2D eigenvalue weighted by atomic mass is 16.3. The summed E-state index contributed by atoms with van der Waals surface area (Å²) in [5.74, 6) is 0.404. The van der Waals surface area contributed by atoms with Gasteiger partial charge in [0.25, 0.3) is 0 Å². The van der Waals surface area contributed by atoms with Gasteiger partial charge in [0.1, 0.15) is 5.52 Å². The van der Waals surface area contributed by atoms with Crippen LogP contribution in [0.5, 0.6) is 0 Å². The van der Waals surface area contributed by atoms with Crippen LogP contribution in [0.2, 0.25) is 0 Å². The highest BCUT2D eigenvalue weighted by molar-refractivity contribution is 5.93. The first-order valence-electron chi connectivity index (χ1n) is 8.83. The number of aryl methyl sites for hydroxylation is 1. The van der Waals surface area contributed by atoms with Crippen molar-refractivity contribution in [3.63, 3.8) is 0 Å². The van der Waals surface area contributed by atoms with E-state index in [1.165, 1.54) is 0 Å². The summed E-state index contributed by atoms with van der Waals surface area (Å²) >= 11 is 0. The summed E-state index contributed by atoms with van der Waals surface area (Å²) < 4.78 is 5.91. The number of nitrogens with one attached hydrogen (secondary N) is 2. The normalized spacial score (nSPS) is 11.3. The van der Waals surface area contributed by atoms with E-state index < -0.39 is 0 Å². The van der Waals surface area contributed by atoms with Crippen LogP contribution in [-0.2, 0) is 4.79 Å². The molecule has 6 heteroatoms. The summed E-state index contributed by atoms with van der Waals surface area (Å²) in [6.07, 6.45) is 1.70. The maximum absolute atomic E-state index is 12.0. The molecule has 2 heterocycles. The number of carbonyl (C=O) groups is 1. The van der Waals surface area contributed by atoms with E-state index in [0.29, 0.717) is 5.89 Å². The van der Waals surface area contributed by atoms with E-state index in [2.05, 4.69) is 20.5 Å². The minimum absolute atomic E-state index is 0.0219. The van der Waals surface area contributed by atoms with Crippen LogP contribution in [0.1, 0.15) is 19.4 Å². The van der Waals surface area contributed by atoms with Crippen LogP contribution >= 0.6 is 0 Å². The van der Waals surface area contributed by atoms with Gasteiger partial charge in [0, 0.05) is 17.2 Å². The van der Waals surface area contributed by atoms with E-state index in [9.17, 15) is 4.79 Å². The Bertz CT molecular complexity index is 1120. The quantitative estimate of drug-likeness (QED) is 0.548. The van der Waals surface area contributed by atoms with Crippen LogP contribution in [0.25, 0.3) is 33.8 Å². The van der Waals surface area contributed by atoms with E-state index in [1.54, 1.807) is 6.20 Å². The molecule has 6 nitrogen and oxygen atoms in total. The molecule has 0 saturated heterocycles. The molecule has 0 atom stereocenters. The molecule has 2 N–H and O–H groups in total. The highest BCUT2D eigenvalue weighted by Crippen LogP contribution is 2.33. The molecule has 0 aliphatic carbocycles. The molecule has 0 unspecified atom stereocenters. The molecule has 2 aromatic heterocycles. The molecule has 0 spiro atoms. The van der Waals surface area contributed by atoms with Gasteiger partial charge in [0.15, 0.2) is 5.58 Å². The van der Waals surface area contributed by atoms with Gasteiger partial charge in [-0.25, -0.2) is 4.98 Å². The Balaban J connectivity index is 1.72. The van der Waals surface area contributed by atoms with Crippen molar-refractivity contribution in [1.82, 2.24) is 15.2 Å². The summed E-state index contributed by atoms with van der Waals surface area (Å²) in [7, 11) is 0. The van der Waals surface area contributed by atoms with Gasteiger partial charge in [-0.1, -0.05) is 32.0 Å². The molecule has 0 radical (unpaired) electrons.